The van der Waals surface area contributed by atoms with Gasteiger partial charge in [-0.2, -0.15) is 0 Å². The SMILES string of the molecule is COc1ccc(OCC(F)F)c(CC(C)N)c1. The summed E-state index contributed by atoms with van der Waals surface area (Å²) in [6, 6.07) is 4.98. The fourth-order valence-corrected chi connectivity index (χ4v) is 1.48. The first-order chi connectivity index (χ1) is 8.02. The summed E-state index contributed by atoms with van der Waals surface area (Å²) >= 11 is 0. The molecule has 0 aliphatic rings. The van der Waals surface area contributed by atoms with Crippen LogP contribution in [0.2, 0.25) is 0 Å². The number of nitrogens with two attached hydrogens (primary N) is 1. The second-order valence-corrected chi connectivity index (χ2v) is 3.86. The molecule has 0 aliphatic carbocycles. The van der Waals surface area contributed by atoms with E-state index in [2.05, 4.69) is 0 Å². The summed E-state index contributed by atoms with van der Waals surface area (Å²) in [5.41, 5.74) is 6.47. The summed E-state index contributed by atoms with van der Waals surface area (Å²) in [7, 11) is 1.55. The smallest absolute Gasteiger partial charge is 0.272 e. The number of methoxy groups -OCH3 is 1. The van der Waals surface area contributed by atoms with Crippen LogP contribution in [0.1, 0.15) is 12.5 Å². The third-order valence-corrected chi connectivity index (χ3v) is 2.17. The van der Waals surface area contributed by atoms with Gasteiger partial charge in [-0.3, -0.25) is 0 Å². The van der Waals surface area contributed by atoms with E-state index < -0.39 is 13.0 Å². The van der Waals surface area contributed by atoms with Crippen LogP contribution in [-0.2, 0) is 6.42 Å². The van der Waals surface area contributed by atoms with Gasteiger partial charge in [-0.15, -0.1) is 0 Å². The molecule has 2 N–H and O–H groups in total. The van der Waals surface area contributed by atoms with E-state index in [1.807, 2.05) is 6.92 Å². The summed E-state index contributed by atoms with van der Waals surface area (Å²) in [6.45, 7) is 1.23. The second kappa shape index (κ2) is 6.39. The number of benzene rings is 1. The van der Waals surface area contributed by atoms with E-state index >= 15 is 0 Å². The normalized spacial score (nSPS) is 12.6. The van der Waals surface area contributed by atoms with Gasteiger partial charge >= 0.3 is 0 Å². The first-order valence-corrected chi connectivity index (χ1v) is 5.36. The number of halogens is 2. The van der Waals surface area contributed by atoms with E-state index in [1.54, 1.807) is 25.3 Å². The Labute approximate surface area is 99.5 Å². The maximum atomic E-state index is 12.1. The second-order valence-electron chi connectivity index (χ2n) is 3.86. The molecular formula is C12H17F2NO2. The summed E-state index contributed by atoms with van der Waals surface area (Å²) in [5, 5.41) is 0. The molecule has 0 radical (unpaired) electrons. The average Bonchev–Trinajstić information content (AvgIpc) is 2.26. The van der Waals surface area contributed by atoms with Gasteiger partial charge in [-0.05, 0) is 37.1 Å². The number of hydrogen-bond acceptors (Lipinski definition) is 3. The first-order valence-electron chi connectivity index (χ1n) is 5.36. The Morgan fingerprint density at radius 3 is 2.59 bits per heavy atom. The lowest BCUT2D eigenvalue weighted by Crippen LogP contribution is -2.19. The van der Waals surface area contributed by atoms with E-state index in [0.29, 0.717) is 17.9 Å². The van der Waals surface area contributed by atoms with Crippen LogP contribution < -0.4 is 15.2 Å². The van der Waals surface area contributed by atoms with E-state index in [0.717, 1.165) is 5.56 Å². The number of rotatable bonds is 6. The molecule has 0 aromatic heterocycles. The fraction of sp³-hybridized carbons (Fsp3) is 0.500. The zero-order valence-corrected chi connectivity index (χ0v) is 9.95. The Hall–Kier alpha value is -1.36. The predicted octanol–water partition coefficient (Wildman–Crippen LogP) is 2.23. The third kappa shape index (κ3) is 4.56. The van der Waals surface area contributed by atoms with Crippen molar-refractivity contribution >= 4 is 0 Å². The van der Waals surface area contributed by atoms with E-state index in [9.17, 15) is 8.78 Å². The monoisotopic (exact) mass is 245 g/mol. The van der Waals surface area contributed by atoms with Crippen LogP contribution in [0, 0.1) is 0 Å². The van der Waals surface area contributed by atoms with Crippen LogP contribution in [0.3, 0.4) is 0 Å². The Balaban J connectivity index is 2.85. The minimum atomic E-state index is -2.49. The van der Waals surface area contributed by atoms with Crippen LogP contribution in [0.5, 0.6) is 11.5 Å². The van der Waals surface area contributed by atoms with Crippen molar-refractivity contribution in [3.63, 3.8) is 0 Å². The van der Waals surface area contributed by atoms with Gasteiger partial charge in [0.1, 0.15) is 18.1 Å². The Morgan fingerprint density at radius 1 is 1.35 bits per heavy atom. The predicted molar refractivity (Wildman–Crippen MR) is 61.8 cm³/mol. The molecule has 0 heterocycles. The van der Waals surface area contributed by atoms with Gasteiger partial charge in [0.25, 0.3) is 6.43 Å². The van der Waals surface area contributed by atoms with Gasteiger partial charge in [-0.25, -0.2) is 8.78 Å². The lowest BCUT2D eigenvalue weighted by Gasteiger charge is -2.14. The topological polar surface area (TPSA) is 44.5 Å². The number of hydrogen-bond donors (Lipinski definition) is 1. The lowest BCUT2D eigenvalue weighted by atomic mass is 10.1. The Kier molecular flexibility index (Phi) is 5.15. The van der Waals surface area contributed by atoms with Crippen LogP contribution in [0.25, 0.3) is 0 Å². The highest BCUT2D eigenvalue weighted by atomic mass is 19.3. The molecule has 0 saturated heterocycles. The molecule has 1 rings (SSSR count). The van der Waals surface area contributed by atoms with Crippen molar-refractivity contribution in [3.8, 4) is 11.5 Å². The minimum Gasteiger partial charge on any atom is -0.497 e. The fourth-order valence-electron chi connectivity index (χ4n) is 1.48. The molecule has 0 fully saturated rings. The van der Waals surface area contributed by atoms with Crippen LogP contribution in [-0.4, -0.2) is 26.2 Å². The zero-order chi connectivity index (χ0) is 12.8. The zero-order valence-electron chi connectivity index (χ0n) is 9.95. The average molecular weight is 245 g/mol. The van der Waals surface area contributed by atoms with E-state index in [1.165, 1.54) is 0 Å². The number of ether oxygens (including phenoxy) is 2. The molecule has 1 aromatic rings. The van der Waals surface area contributed by atoms with E-state index in [4.69, 9.17) is 15.2 Å². The van der Waals surface area contributed by atoms with Gasteiger partial charge in [0.2, 0.25) is 0 Å². The van der Waals surface area contributed by atoms with Gasteiger partial charge in [0.15, 0.2) is 0 Å². The molecular weight excluding hydrogens is 228 g/mol. The highest BCUT2D eigenvalue weighted by molar-refractivity contribution is 5.40. The molecule has 1 aromatic carbocycles. The van der Waals surface area contributed by atoms with Crippen molar-refractivity contribution in [1.29, 1.82) is 0 Å². The summed E-state index contributed by atoms with van der Waals surface area (Å²) in [5.74, 6) is 1.09. The maximum absolute atomic E-state index is 12.1. The van der Waals surface area contributed by atoms with Gasteiger partial charge < -0.3 is 15.2 Å². The first kappa shape index (κ1) is 13.7. The molecule has 5 heteroatoms. The highest BCUT2D eigenvalue weighted by Gasteiger charge is 2.10. The van der Waals surface area contributed by atoms with E-state index in [-0.39, 0.29) is 6.04 Å². The molecule has 0 saturated carbocycles. The summed E-state index contributed by atoms with van der Waals surface area (Å²) < 4.78 is 34.3. The molecule has 96 valence electrons. The van der Waals surface area contributed by atoms with Gasteiger partial charge in [-0.1, -0.05) is 0 Å². The molecule has 0 aliphatic heterocycles. The molecule has 0 amide bonds. The number of alkyl halides is 2. The van der Waals surface area contributed by atoms with Crippen molar-refractivity contribution in [2.24, 2.45) is 5.73 Å². The Morgan fingerprint density at radius 2 is 2.06 bits per heavy atom. The third-order valence-electron chi connectivity index (χ3n) is 2.17. The highest BCUT2D eigenvalue weighted by Crippen LogP contribution is 2.25. The molecule has 0 spiro atoms. The maximum Gasteiger partial charge on any atom is 0.272 e. The molecule has 3 nitrogen and oxygen atoms in total. The summed E-state index contributed by atoms with van der Waals surface area (Å²) in [4.78, 5) is 0. The molecule has 1 unspecified atom stereocenters. The standard InChI is InChI=1S/C12H17F2NO2/c1-8(15)5-9-6-10(16-2)3-4-11(9)17-7-12(13)14/h3-4,6,8,12H,5,7,15H2,1-2H3. The molecule has 0 bridgehead atoms. The van der Waals surface area contributed by atoms with Gasteiger partial charge in [0.05, 0.1) is 7.11 Å². The molecule has 1 atom stereocenters. The van der Waals surface area contributed by atoms with Crippen molar-refractivity contribution < 1.29 is 18.3 Å². The van der Waals surface area contributed by atoms with Crippen molar-refractivity contribution in [2.75, 3.05) is 13.7 Å². The summed E-state index contributed by atoms with van der Waals surface area (Å²) in [6.07, 6.45) is -1.93. The van der Waals surface area contributed by atoms with Crippen LogP contribution >= 0.6 is 0 Å². The largest absolute Gasteiger partial charge is 0.497 e. The Bertz CT molecular complexity index is 356. The lowest BCUT2D eigenvalue weighted by molar-refractivity contribution is 0.0814. The van der Waals surface area contributed by atoms with Crippen LogP contribution in [0.15, 0.2) is 18.2 Å². The van der Waals surface area contributed by atoms with Crippen molar-refractivity contribution in [2.45, 2.75) is 25.8 Å². The quantitative estimate of drug-likeness (QED) is 0.835. The molecule has 17 heavy (non-hydrogen) atoms. The van der Waals surface area contributed by atoms with Crippen molar-refractivity contribution in [3.05, 3.63) is 23.8 Å². The minimum absolute atomic E-state index is 0.0731. The van der Waals surface area contributed by atoms with Crippen LogP contribution in [0.4, 0.5) is 8.78 Å². The van der Waals surface area contributed by atoms with Gasteiger partial charge in [0, 0.05) is 6.04 Å². The van der Waals surface area contributed by atoms with Crippen molar-refractivity contribution in [1.82, 2.24) is 0 Å².